The van der Waals surface area contributed by atoms with Gasteiger partial charge < -0.3 is 19.5 Å². The van der Waals surface area contributed by atoms with Crippen molar-refractivity contribution in [3.8, 4) is 11.5 Å². The fourth-order valence-corrected chi connectivity index (χ4v) is 2.92. The lowest BCUT2D eigenvalue weighted by Gasteiger charge is -2.29. The van der Waals surface area contributed by atoms with Crippen molar-refractivity contribution < 1.29 is 37.0 Å². The van der Waals surface area contributed by atoms with Gasteiger partial charge in [-0.15, -0.1) is 0 Å². The quantitative estimate of drug-likeness (QED) is 0.616. The van der Waals surface area contributed by atoms with Crippen LogP contribution in [-0.4, -0.2) is 29.8 Å². The number of pyridine rings is 1. The summed E-state index contributed by atoms with van der Waals surface area (Å²) in [5.74, 6) is -2.77. The second-order valence-electron chi connectivity index (χ2n) is 5.64. The van der Waals surface area contributed by atoms with E-state index in [0.717, 1.165) is 18.3 Å². The Bertz CT molecular complexity index is 964. The number of hydrogen-bond donors (Lipinski definition) is 1. The monoisotopic (exact) mass is 400 g/mol. The highest BCUT2D eigenvalue weighted by molar-refractivity contribution is 6.29. The Balaban J connectivity index is 1.82. The van der Waals surface area contributed by atoms with E-state index in [0.29, 0.717) is 0 Å². The van der Waals surface area contributed by atoms with Crippen LogP contribution in [0.1, 0.15) is 15.9 Å². The van der Waals surface area contributed by atoms with Gasteiger partial charge in [0.25, 0.3) is 5.91 Å². The Morgan fingerprint density at radius 3 is 2.59 bits per heavy atom. The fraction of sp³-hybridized carbons (Fsp3) is 0.188. The summed E-state index contributed by atoms with van der Waals surface area (Å²) in [5, 5.41) is 2.12. The van der Waals surface area contributed by atoms with Crippen molar-refractivity contribution in [3.05, 3.63) is 46.7 Å². The predicted octanol–water partition coefficient (Wildman–Crippen LogP) is 3.03. The van der Waals surface area contributed by atoms with Gasteiger partial charge in [0.2, 0.25) is 6.79 Å². The van der Waals surface area contributed by atoms with Crippen molar-refractivity contribution in [2.45, 2.75) is 11.8 Å². The largest absolute Gasteiger partial charge is 0.454 e. The molecule has 1 aromatic carbocycles. The number of fused-ring (bicyclic) bond motifs is 2. The number of nitrogens with one attached hydrogen (secondary N) is 1. The number of aromatic nitrogens is 1. The third-order valence-corrected chi connectivity index (χ3v) is 4.29. The molecule has 0 radical (unpaired) electrons. The summed E-state index contributed by atoms with van der Waals surface area (Å²) >= 11 is 5.60. The number of carbonyl (C=O) groups excluding carboxylic acids is 2. The summed E-state index contributed by atoms with van der Waals surface area (Å²) in [7, 11) is 0. The van der Waals surface area contributed by atoms with Crippen molar-refractivity contribution in [3.63, 3.8) is 0 Å². The van der Waals surface area contributed by atoms with Crippen molar-refractivity contribution in [2.24, 2.45) is 0 Å². The topological polar surface area (TPSA) is 86.8 Å². The number of benzene rings is 1. The smallest absolute Gasteiger partial charge is 0.442 e. The number of alkyl halides is 3. The maximum absolute atomic E-state index is 14.0. The molecule has 1 amide bonds. The first-order valence-electron chi connectivity index (χ1n) is 7.39. The number of anilines is 1. The van der Waals surface area contributed by atoms with Crippen LogP contribution in [0.15, 0.2) is 30.5 Å². The lowest BCUT2D eigenvalue weighted by Crippen LogP contribution is -2.51. The van der Waals surface area contributed by atoms with Gasteiger partial charge in [0.05, 0.1) is 11.3 Å². The van der Waals surface area contributed by atoms with Crippen LogP contribution >= 0.6 is 11.6 Å². The molecule has 2 aliphatic rings. The predicted molar refractivity (Wildman–Crippen MR) is 83.6 cm³/mol. The Hall–Kier alpha value is -3.01. The fourth-order valence-electron chi connectivity index (χ4n) is 2.80. The van der Waals surface area contributed by atoms with Gasteiger partial charge in [-0.2, -0.15) is 13.2 Å². The second-order valence-corrected chi connectivity index (χ2v) is 6.03. The highest BCUT2D eigenvalue weighted by atomic mass is 35.5. The van der Waals surface area contributed by atoms with Gasteiger partial charge in [-0.25, -0.2) is 9.78 Å². The van der Waals surface area contributed by atoms with E-state index >= 15 is 0 Å². The van der Waals surface area contributed by atoms with E-state index in [1.807, 2.05) is 0 Å². The van der Waals surface area contributed by atoms with Crippen LogP contribution in [0.2, 0.25) is 5.15 Å². The summed E-state index contributed by atoms with van der Waals surface area (Å²) in [6, 6.07) is 4.49. The molecular formula is C16H8ClF3N2O5. The van der Waals surface area contributed by atoms with E-state index in [1.165, 1.54) is 12.1 Å². The van der Waals surface area contributed by atoms with Crippen LogP contribution in [-0.2, 0) is 15.1 Å². The van der Waals surface area contributed by atoms with Gasteiger partial charge in [-0.05, 0) is 18.2 Å². The van der Waals surface area contributed by atoms with Gasteiger partial charge in [-0.1, -0.05) is 11.6 Å². The molecule has 0 aliphatic carbocycles. The lowest BCUT2D eigenvalue weighted by molar-refractivity contribution is -0.251. The minimum Gasteiger partial charge on any atom is -0.454 e. The molecular weight excluding hydrogens is 393 g/mol. The standard InChI is InChI=1S/C16H8ClF3N2O5/c17-12-2-1-7(5-21-12)13(23)27-15(16(18,19)20)8-3-10-11(26-6-25-10)4-9(8)22-14(15)24/h1-5H,6H2,(H,22,24). The molecule has 1 unspecified atom stereocenters. The lowest BCUT2D eigenvalue weighted by atomic mass is 9.93. The SMILES string of the molecule is O=C(OC1(C(F)(F)F)C(=O)Nc2cc3c(cc21)OCO3)c1ccc(Cl)nc1. The number of esters is 1. The van der Waals surface area contributed by atoms with Crippen LogP contribution in [0.3, 0.4) is 0 Å². The maximum Gasteiger partial charge on any atom is 0.442 e. The molecule has 0 bridgehead atoms. The van der Waals surface area contributed by atoms with Gasteiger partial charge >= 0.3 is 17.7 Å². The maximum atomic E-state index is 14.0. The second kappa shape index (κ2) is 5.74. The van der Waals surface area contributed by atoms with E-state index in [2.05, 4.69) is 10.3 Å². The summed E-state index contributed by atoms with van der Waals surface area (Å²) in [5.41, 5.74) is -4.63. The zero-order chi connectivity index (χ0) is 19.4. The molecule has 11 heteroatoms. The molecule has 1 N–H and O–H groups in total. The third-order valence-electron chi connectivity index (χ3n) is 4.07. The Kier molecular flexibility index (Phi) is 3.70. The van der Waals surface area contributed by atoms with Crippen molar-refractivity contribution in [1.29, 1.82) is 0 Å². The highest BCUT2D eigenvalue weighted by Crippen LogP contribution is 2.53. The first-order valence-corrected chi connectivity index (χ1v) is 7.77. The molecule has 3 heterocycles. The minimum absolute atomic E-state index is 0.00286. The van der Waals surface area contributed by atoms with Crippen LogP contribution in [0.25, 0.3) is 0 Å². The van der Waals surface area contributed by atoms with Crippen LogP contribution in [0, 0.1) is 0 Å². The zero-order valence-electron chi connectivity index (χ0n) is 13.1. The van der Waals surface area contributed by atoms with E-state index in [1.54, 1.807) is 0 Å². The first kappa shape index (κ1) is 17.4. The van der Waals surface area contributed by atoms with Crippen molar-refractivity contribution >= 4 is 29.2 Å². The first-order chi connectivity index (χ1) is 12.7. The zero-order valence-corrected chi connectivity index (χ0v) is 13.9. The Labute approximate surface area is 154 Å². The van der Waals surface area contributed by atoms with E-state index in [4.69, 9.17) is 25.8 Å². The number of ether oxygens (including phenoxy) is 3. The molecule has 1 atom stereocenters. The normalized spacial score (nSPS) is 20.2. The number of amides is 1. The molecule has 1 aromatic heterocycles. The van der Waals surface area contributed by atoms with Crippen molar-refractivity contribution in [2.75, 3.05) is 12.1 Å². The number of carbonyl (C=O) groups is 2. The van der Waals surface area contributed by atoms with E-state index < -0.39 is 29.2 Å². The van der Waals surface area contributed by atoms with Crippen LogP contribution < -0.4 is 14.8 Å². The Morgan fingerprint density at radius 2 is 1.96 bits per heavy atom. The summed E-state index contributed by atoms with van der Waals surface area (Å²) < 4.78 is 56.9. The Morgan fingerprint density at radius 1 is 1.26 bits per heavy atom. The molecule has 0 fully saturated rings. The average molecular weight is 401 g/mol. The van der Waals surface area contributed by atoms with Crippen LogP contribution in [0.5, 0.6) is 11.5 Å². The highest BCUT2D eigenvalue weighted by Gasteiger charge is 2.69. The summed E-state index contributed by atoms with van der Waals surface area (Å²) in [4.78, 5) is 28.3. The molecule has 27 heavy (non-hydrogen) atoms. The van der Waals surface area contributed by atoms with Crippen molar-refractivity contribution in [1.82, 2.24) is 4.98 Å². The molecule has 0 saturated carbocycles. The molecule has 140 valence electrons. The molecule has 0 spiro atoms. The van der Waals surface area contributed by atoms with E-state index in [-0.39, 0.29) is 34.7 Å². The third kappa shape index (κ3) is 2.55. The summed E-state index contributed by atoms with van der Waals surface area (Å²) in [6.07, 6.45) is -4.30. The van der Waals surface area contributed by atoms with Crippen LogP contribution in [0.4, 0.5) is 18.9 Å². The van der Waals surface area contributed by atoms with E-state index in [9.17, 15) is 22.8 Å². The van der Waals surface area contributed by atoms with Gasteiger partial charge in [-0.3, -0.25) is 4.79 Å². The molecule has 7 nitrogen and oxygen atoms in total. The number of halogens is 4. The summed E-state index contributed by atoms with van der Waals surface area (Å²) in [6.45, 7) is -0.179. The number of nitrogens with zero attached hydrogens (tertiary/aromatic N) is 1. The number of hydrogen-bond acceptors (Lipinski definition) is 6. The molecule has 2 aliphatic heterocycles. The van der Waals surface area contributed by atoms with Gasteiger partial charge in [0.1, 0.15) is 5.15 Å². The minimum atomic E-state index is -5.24. The molecule has 4 rings (SSSR count). The average Bonchev–Trinajstić information content (AvgIpc) is 3.15. The molecule has 2 aromatic rings. The number of rotatable bonds is 2. The molecule has 0 saturated heterocycles. The van der Waals surface area contributed by atoms with Gasteiger partial charge in [0, 0.05) is 17.8 Å². The van der Waals surface area contributed by atoms with Gasteiger partial charge in [0.15, 0.2) is 11.5 Å².